The van der Waals surface area contributed by atoms with Crippen LogP contribution in [-0.4, -0.2) is 20.4 Å². The fraction of sp³-hybridized carbons (Fsp3) is 0.0667. The van der Waals surface area contributed by atoms with Gasteiger partial charge < -0.3 is 14.7 Å². The minimum absolute atomic E-state index is 0.0304. The van der Waals surface area contributed by atoms with Gasteiger partial charge in [0.1, 0.15) is 11.5 Å². The highest BCUT2D eigenvalue weighted by molar-refractivity contribution is 6.30. The Bertz CT molecular complexity index is 769. The Morgan fingerprint density at radius 2 is 1.81 bits per heavy atom. The van der Waals surface area contributed by atoms with Crippen LogP contribution in [0.3, 0.4) is 0 Å². The number of phenols is 2. The van der Waals surface area contributed by atoms with Crippen LogP contribution in [0.1, 0.15) is 11.4 Å². The van der Waals surface area contributed by atoms with Crippen molar-refractivity contribution in [1.82, 2.24) is 10.1 Å². The third kappa shape index (κ3) is 2.98. The zero-order chi connectivity index (χ0) is 14.8. The van der Waals surface area contributed by atoms with Crippen molar-refractivity contribution in [3.05, 3.63) is 58.9 Å². The number of benzene rings is 2. The lowest BCUT2D eigenvalue weighted by molar-refractivity contribution is 0.417. The summed E-state index contributed by atoms with van der Waals surface area (Å²) in [5.74, 6) is 0.560. The Hall–Kier alpha value is -2.53. The van der Waals surface area contributed by atoms with Crippen LogP contribution in [0.15, 0.2) is 47.0 Å². The molecule has 0 bridgehead atoms. The maximum absolute atomic E-state index is 9.77. The molecule has 0 aliphatic heterocycles. The van der Waals surface area contributed by atoms with E-state index in [1.54, 1.807) is 12.1 Å². The van der Waals surface area contributed by atoms with Gasteiger partial charge in [0.2, 0.25) is 0 Å². The van der Waals surface area contributed by atoms with Crippen LogP contribution in [0.4, 0.5) is 0 Å². The van der Waals surface area contributed by atoms with Gasteiger partial charge in [-0.2, -0.15) is 4.98 Å². The van der Waals surface area contributed by atoms with E-state index in [9.17, 15) is 10.2 Å². The summed E-state index contributed by atoms with van der Waals surface area (Å²) in [7, 11) is 0. The van der Waals surface area contributed by atoms with E-state index in [-0.39, 0.29) is 17.4 Å². The highest BCUT2D eigenvalue weighted by atomic mass is 35.5. The predicted molar refractivity (Wildman–Crippen MR) is 77.3 cm³/mol. The molecule has 0 fully saturated rings. The summed E-state index contributed by atoms with van der Waals surface area (Å²) in [5, 5.41) is 23.6. The number of aromatic nitrogens is 2. The van der Waals surface area contributed by atoms with Gasteiger partial charge in [0, 0.05) is 17.5 Å². The van der Waals surface area contributed by atoms with Crippen LogP contribution in [0, 0.1) is 0 Å². The van der Waals surface area contributed by atoms with Gasteiger partial charge >= 0.3 is 0 Å². The maximum atomic E-state index is 9.77. The van der Waals surface area contributed by atoms with Crippen LogP contribution in [0.2, 0.25) is 5.02 Å². The maximum Gasteiger partial charge on any atom is 0.261 e. The van der Waals surface area contributed by atoms with Gasteiger partial charge in [0.25, 0.3) is 5.89 Å². The number of phenolic OH excluding ortho intramolecular Hbond substituents is 2. The van der Waals surface area contributed by atoms with E-state index in [1.807, 2.05) is 12.1 Å². The highest BCUT2D eigenvalue weighted by Gasteiger charge is 2.13. The second-order valence-electron chi connectivity index (χ2n) is 4.52. The molecule has 1 heterocycles. The van der Waals surface area contributed by atoms with Gasteiger partial charge in [0.15, 0.2) is 5.82 Å². The van der Waals surface area contributed by atoms with Crippen molar-refractivity contribution in [2.45, 2.75) is 6.42 Å². The van der Waals surface area contributed by atoms with Gasteiger partial charge in [-0.05, 0) is 29.8 Å². The van der Waals surface area contributed by atoms with Crippen LogP contribution >= 0.6 is 11.6 Å². The van der Waals surface area contributed by atoms with E-state index in [2.05, 4.69) is 10.1 Å². The normalized spacial score (nSPS) is 10.7. The Balaban J connectivity index is 1.84. The summed E-state index contributed by atoms with van der Waals surface area (Å²) in [6.45, 7) is 0. The molecule has 0 aliphatic carbocycles. The van der Waals surface area contributed by atoms with E-state index in [0.29, 0.717) is 22.8 Å². The predicted octanol–water partition coefficient (Wildman–Crippen LogP) is 3.39. The summed E-state index contributed by atoms with van der Waals surface area (Å²) < 4.78 is 5.14. The monoisotopic (exact) mass is 302 g/mol. The smallest absolute Gasteiger partial charge is 0.261 e. The largest absolute Gasteiger partial charge is 0.508 e. The molecule has 3 aromatic rings. The number of aromatic hydroxyl groups is 2. The molecule has 0 radical (unpaired) electrons. The Labute approximate surface area is 125 Å². The first-order valence-corrected chi connectivity index (χ1v) is 6.59. The zero-order valence-electron chi connectivity index (χ0n) is 10.8. The second kappa shape index (κ2) is 5.46. The number of nitrogens with zero attached hydrogens (tertiary/aromatic N) is 2. The van der Waals surface area contributed by atoms with E-state index in [1.165, 1.54) is 18.2 Å². The second-order valence-corrected chi connectivity index (χ2v) is 4.96. The van der Waals surface area contributed by atoms with E-state index in [4.69, 9.17) is 16.1 Å². The molecule has 106 valence electrons. The number of hydrogen-bond donors (Lipinski definition) is 2. The van der Waals surface area contributed by atoms with Crippen molar-refractivity contribution >= 4 is 11.6 Å². The molecule has 6 heteroatoms. The molecular weight excluding hydrogens is 292 g/mol. The summed E-state index contributed by atoms with van der Waals surface area (Å²) in [6, 6.07) is 11.5. The fourth-order valence-corrected chi connectivity index (χ4v) is 2.05. The van der Waals surface area contributed by atoms with Crippen molar-refractivity contribution in [3.63, 3.8) is 0 Å². The standard InChI is InChI=1S/C15H11ClN2O3/c16-10-3-1-9(2-4-10)7-14-17-15(21-18-14)12-6-5-11(19)8-13(12)20/h1-6,8,19-20H,7H2. The fourth-order valence-electron chi connectivity index (χ4n) is 1.92. The minimum atomic E-state index is -0.114. The Morgan fingerprint density at radius 1 is 1.05 bits per heavy atom. The van der Waals surface area contributed by atoms with Crippen LogP contribution in [0.25, 0.3) is 11.5 Å². The molecule has 5 nitrogen and oxygen atoms in total. The average molecular weight is 303 g/mol. The highest BCUT2D eigenvalue weighted by Crippen LogP contribution is 2.30. The molecule has 0 amide bonds. The lowest BCUT2D eigenvalue weighted by Gasteiger charge is -1.99. The molecule has 3 rings (SSSR count). The van der Waals surface area contributed by atoms with Gasteiger partial charge in [-0.25, -0.2) is 0 Å². The summed E-state index contributed by atoms with van der Waals surface area (Å²) in [6.07, 6.45) is 0.500. The first-order valence-electron chi connectivity index (χ1n) is 6.21. The van der Waals surface area contributed by atoms with Gasteiger partial charge in [-0.1, -0.05) is 28.9 Å². The summed E-state index contributed by atoms with van der Waals surface area (Å²) in [5.41, 5.74) is 1.38. The molecule has 0 saturated heterocycles. The van der Waals surface area contributed by atoms with Crippen LogP contribution in [-0.2, 0) is 6.42 Å². The minimum Gasteiger partial charge on any atom is -0.508 e. The molecule has 0 spiro atoms. The quantitative estimate of drug-likeness (QED) is 0.775. The molecule has 0 saturated carbocycles. The van der Waals surface area contributed by atoms with Crippen molar-refractivity contribution in [2.24, 2.45) is 0 Å². The Kier molecular flexibility index (Phi) is 3.50. The molecule has 21 heavy (non-hydrogen) atoms. The lowest BCUT2D eigenvalue weighted by atomic mass is 10.1. The first kappa shape index (κ1) is 13.5. The number of halogens is 1. The number of hydrogen-bond acceptors (Lipinski definition) is 5. The zero-order valence-corrected chi connectivity index (χ0v) is 11.6. The van der Waals surface area contributed by atoms with Crippen LogP contribution < -0.4 is 0 Å². The van der Waals surface area contributed by atoms with Gasteiger partial charge in [-0.3, -0.25) is 0 Å². The molecule has 1 aromatic heterocycles. The SMILES string of the molecule is Oc1ccc(-c2nc(Cc3ccc(Cl)cc3)no2)c(O)c1. The molecule has 0 atom stereocenters. The summed E-state index contributed by atoms with van der Waals surface area (Å²) in [4.78, 5) is 4.24. The third-order valence-electron chi connectivity index (χ3n) is 2.96. The molecule has 0 aliphatic rings. The number of rotatable bonds is 3. The molecule has 0 unspecified atom stereocenters. The lowest BCUT2D eigenvalue weighted by Crippen LogP contribution is -1.90. The van der Waals surface area contributed by atoms with Crippen molar-refractivity contribution in [1.29, 1.82) is 0 Å². The topological polar surface area (TPSA) is 79.4 Å². The van der Waals surface area contributed by atoms with Gasteiger partial charge in [-0.15, -0.1) is 0 Å². The van der Waals surface area contributed by atoms with E-state index < -0.39 is 0 Å². The van der Waals surface area contributed by atoms with Gasteiger partial charge in [0.05, 0.1) is 5.56 Å². The third-order valence-corrected chi connectivity index (χ3v) is 3.21. The average Bonchev–Trinajstić information content (AvgIpc) is 2.90. The summed E-state index contributed by atoms with van der Waals surface area (Å²) >= 11 is 5.83. The van der Waals surface area contributed by atoms with Crippen molar-refractivity contribution < 1.29 is 14.7 Å². The first-order chi connectivity index (χ1) is 10.1. The Morgan fingerprint density at radius 3 is 2.52 bits per heavy atom. The molecule has 2 N–H and O–H groups in total. The van der Waals surface area contributed by atoms with E-state index >= 15 is 0 Å². The molecule has 2 aromatic carbocycles. The van der Waals surface area contributed by atoms with Crippen LogP contribution in [0.5, 0.6) is 11.5 Å². The molecular formula is C15H11ClN2O3. The van der Waals surface area contributed by atoms with Crippen molar-refractivity contribution in [3.8, 4) is 23.0 Å². The van der Waals surface area contributed by atoms with Crippen molar-refractivity contribution in [2.75, 3.05) is 0 Å². The van der Waals surface area contributed by atoms with E-state index in [0.717, 1.165) is 5.56 Å².